The minimum Gasteiger partial charge on any atom is -0.400 e. The quantitative estimate of drug-likeness (QED) is 0.166. The molecule has 2 N–H and O–H groups in total. The SMILES string of the molecule is CC[C@@H](C=O)NC(=O)CCCCCCCCCCCCCCCCCCC=O.CO. The van der Waals surface area contributed by atoms with Crippen LogP contribution in [0.15, 0.2) is 0 Å². The summed E-state index contributed by atoms with van der Waals surface area (Å²) in [6, 6.07) is -0.313. The number of aliphatic hydroxyl groups is 1. The molecule has 5 heteroatoms. The summed E-state index contributed by atoms with van der Waals surface area (Å²) in [5.74, 6) is 0.0110. The van der Waals surface area contributed by atoms with Crippen LogP contribution in [-0.2, 0) is 14.4 Å². The average molecular weight is 428 g/mol. The van der Waals surface area contributed by atoms with Gasteiger partial charge in [0.15, 0.2) is 0 Å². The standard InChI is InChI=1S/C24H45NO3.CH4O/c1-2-23(22-27)25-24(28)20-18-16-14-12-10-8-6-4-3-5-7-9-11-13-15-17-19-21-26;1-2/h21-23H,2-20H2,1H3,(H,25,28);2H,1H3/t23-;/m0./s1. The Kier molecular flexibility index (Phi) is 28.7. The lowest BCUT2D eigenvalue weighted by Crippen LogP contribution is -2.35. The van der Waals surface area contributed by atoms with Gasteiger partial charge >= 0.3 is 0 Å². The summed E-state index contributed by atoms with van der Waals surface area (Å²) in [5, 5.41) is 9.75. The van der Waals surface area contributed by atoms with E-state index in [1.165, 1.54) is 83.5 Å². The number of hydrogen-bond acceptors (Lipinski definition) is 4. The van der Waals surface area contributed by atoms with Gasteiger partial charge in [0.1, 0.15) is 12.6 Å². The van der Waals surface area contributed by atoms with Gasteiger partial charge in [-0.1, -0.05) is 96.8 Å². The smallest absolute Gasteiger partial charge is 0.220 e. The molecule has 0 radical (unpaired) electrons. The Morgan fingerprint density at radius 2 is 1.07 bits per heavy atom. The maximum Gasteiger partial charge on any atom is 0.220 e. The first-order valence-corrected chi connectivity index (χ1v) is 12.4. The van der Waals surface area contributed by atoms with Crippen molar-refractivity contribution in [3.05, 3.63) is 0 Å². The van der Waals surface area contributed by atoms with Crippen molar-refractivity contribution < 1.29 is 19.5 Å². The van der Waals surface area contributed by atoms with E-state index in [9.17, 15) is 14.4 Å². The van der Waals surface area contributed by atoms with Gasteiger partial charge in [-0.25, -0.2) is 0 Å². The van der Waals surface area contributed by atoms with Crippen molar-refractivity contribution in [1.82, 2.24) is 5.32 Å². The second kappa shape index (κ2) is 27.8. The van der Waals surface area contributed by atoms with Crippen molar-refractivity contribution in [2.75, 3.05) is 7.11 Å². The molecule has 0 aromatic carbocycles. The van der Waals surface area contributed by atoms with E-state index in [0.29, 0.717) is 12.8 Å². The lowest BCUT2D eigenvalue weighted by molar-refractivity contribution is -0.124. The van der Waals surface area contributed by atoms with Gasteiger partial charge < -0.3 is 20.0 Å². The third kappa shape index (κ3) is 24.8. The van der Waals surface area contributed by atoms with Crippen LogP contribution < -0.4 is 5.32 Å². The van der Waals surface area contributed by atoms with Crippen LogP contribution in [0, 0.1) is 0 Å². The second-order valence-electron chi connectivity index (χ2n) is 8.08. The number of unbranched alkanes of at least 4 members (excludes halogenated alkanes) is 16. The van der Waals surface area contributed by atoms with Crippen LogP contribution >= 0.6 is 0 Å². The predicted molar refractivity (Wildman–Crippen MR) is 126 cm³/mol. The summed E-state index contributed by atoms with van der Waals surface area (Å²) in [4.78, 5) is 32.6. The van der Waals surface area contributed by atoms with E-state index in [-0.39, 0.29) is 11.9 Å². The van der Waals surface area contributed by atoms with Gasteiger partial charge in [0.25, 0.3) is 0 Å². The second-order valence-corrected chi connectivity index (χ2v) is 8.08. The number of amides is 1. The topological polar surface area (TPSA) is 83.5 Å². The molecule has 0 aromatic rings. The minimum atomic E-state index is -0.313. The molecule has 5 nitrogen and oxygen atoms in total. The molecule has 0 unspecified atom stereocenters. The summed E-state index contributed by atoms with van der Waals surface area (Å²) < 4.78 is 0. The molecule has 0 spiro atoms. The van der Waals surface area contributed by atoms with Gasteiger partial charge in [0.05, 0.1) is 6.04 Å². The Labute approximate surface area is 185 Å². The van der Waals surface area contributed by atoms with Crippen LogP contribution in [0.5, 0.6) is 0 Å². The van der Waals surface area contributed by atoms with Gasteiger partial charge in [0, 0.05) is 20.0 Å². The molecule has 0 fully saturated rings. The maximum absolute atomic E-state index is 11.7. The largest absolute Gasteiger partial charge is 0.400 e. The lowest BCUT2D eigenvalue weighted by Gasteiger charge is -2.09. The van der Waals surface area contributed by atoms with Gasteiger partial charge in [-0.15, -0.1) is 0 Å². The minimum absolute atomic E-state index is 0.0110. The Hall–Kier alpha value is -1.23. The van der Waals surface area contributed by atoms with Crippen LogP contribution in [0.4, 0.5) is 0 Å². The molecule has 0 aliphatic rings. The van der Waals surface area contributed by atoms with Crippen LogP contribution in [0.1, 0.15) is 129 Å². The highest BCUT2D eigenvalue weighted by Crippen LogP contribution is 2.14. The third-order valence-corrected chi connectivity index (χ3v) is 5.43. The van der Waals surface area contributed by atoms with Crippen LogP contribution in [0.2, 0.25) is 0 Å². The van der Waals surface area contributed by atoms with E-state index in [0.717, 1.165) is 45.4 Å². The summed E-state index contributed by atoms with van der Waals surface area (Å²) in [6.45, 7) is 1.90. The Morgan fingerprint density at radius 1 is 0.700 bits per heavy atom. The number of rotatable bonds is 22. The first kappa shape index (κ1) is 31.0. The van der Waals surface area contributed by atoms with Crippen molar-refractivity contribution >= 4 is 18.5 Å². The van der Waals surface area contributed by atoms with Gasteiger partial charge in [0.2, 0.25) is 5.91 Å². The highest BCUT2D eigenvalue weighted by molar-refractivity contribution is 5.79. The number of nitrogens with one attached hydrogen (secondary N) is 1. The van der Waals surface area contributed by atoms with Gasteiger partial charge in [-0.05, 0) is 19.3 Å². The average Bonchev–Trinajstić information content (AvgIpc) is 2.78. The van der Waals surface area contributed by atoms with E-state index < -0.39 is 0 Å². The lowest BCUT2D eigenvalue weighted by atomic mass is 10.0. The fourth-order valence-corrected chi connectivity index (χ4v) is 3.50. The van der Waals surface area contributed by atoms with Crippen LogP contribution in [0.25, 0.3) is 0 Å². The van der Waals surface area contributed by atoms with E-state index in [1.54, 1.807) is 0 Å². The molecule has 30 heavy (non-hydrogen) atoms. The molecule has 0 rings (SSSR count). The van der Waals surface area contributed by atoms with E-state index in [2.05, 4.69) is 5.32 Å². The molecular weight excluding hydrogens is 378 g/mol. The fourth-order valence-electron chi connectivity index (χ4n) is 3.50. The van der Waals surface area contributed by atoms with Crippen molar-refractivity contribution in [3.63, 3.8) is 0 Å². The van der Waals surface area contributed by atoms with Crippen LogP contribution in [0.3, 0.4) is 0 Å². The molecule has 0 aromatic heterocycles. The molecule has 0 saturated carbocycles. The Morgan fingerprint density at radius 3 is 1.40 bits per heavy atom. The molecule has 0 bridgehead atoms. The highest BCUT2D eigenvalue weighted by Gasteiger charge is 2.08. The molecule has 178 valence electrons. The number of aliphatic hydroxyl groups excluding tert-OH is 1. The highest BCUT2D eigenvalue weighted by atomic mass is 16.2. The number of aldehydes is 2. The normalized spacial score (nSPS) is 11.3. The summed E-state index contributed by atoms with van der Waals surface area (Å²) in [5.41, 5.74) is 0. The zero-order valence-corrected chi connectivity index (χ0v) is 19.8. The van der Waals surface area contributed by atoms with Crippen molar-refractivity contribution in [3.8, 4) is 0 Å². The number of carbonyl (C=O) groups excluding carboxylic acids is 3. The van der Waals surface area contributed by atoms with Crippen LogP contribution in [-0.4, -0.2) is 36.7 Å². The molecule has 0 aliphatic heterocycles. The molecule has 1 amide bonds. The molecule has 0 aliphatic carbocycles. The number of carbonyl (C=O) groups is 3. The van der Waals surface area contributed by atoms with E-state index >= 15 is 0 Å². The summed E-state index contributed by atoms with van der Waals surface area (Å²) >= 11 is 0. The monoisotopic (exact) mass is 427 g/mol. The van der Waals surface area contributed by atoms with E-state index in [1.807, 2.05) is 6.92 Å². The zero-order chi connectivity index (χ0) is 22.7. The van der Waals surface area contributed by atoms with Gasteiger partial charge in [-0.2, -0.15) is 0 Å². The molecule has 0 heterocycles. The molecule has 0 saturated heterocycles. The van der Waals surface area contributed by atoms with Gasteiger partial charge in [-0.3, -0.25) is 4.79 Å². The Balaban J connectivity index is 0. The first-order valence-electron chi connectivity index (χ1n) is 12.4. The molecular formula is C25H49NO4. The molecule has 1 atom stereocenters. The Bertz CT molecular complexity index is 374. The first-order chi connectivity index (χ1) is 14.7. The predicted octanol–water partition coefficient (Wildman–Crippen LogP) is 5.91. The number of hydrogen-bond donors (Lipinski definition) is 2. The zero-order valence-electron chi connectivity index (χ0n) is 19.8. The van der Waals surface area contributed by atoms with Crippen molar-refractivity contribution in [2.24, 2.45) is 0 Å². The van der Waals surface area contributed by atoms with E-state index in [4.69, 9.17) is 5.11 Å². The maximum atomic E-state index is 11.7. The summed E-state index contributed by atoms with van der Waals surface area (Å²) in [7, 11) is 1.00. The fraction of sp³-hybridized carbons (Fsp3) is 0.880. The van der Waals surface area contributed by atoms with Crippen molar-refractivity contribution in [1.29, 1.82) is 0 Å². The van der Waals surface area contributed by atoms with Crippen molar-refractivity contribution in [2.45, 2.75) is 135 Å². The third-order valence-electron chi connectivity index (χ3n) is 5.43. The summed E-state index contributed by atoms with van der Waals surface area (Å²) in [6.07, 6.45) is 24.1.